The Balaban J connectivity index is 1.62. The van der Waals surface area contributed by atoms with Gasteiger partial charge in [-0.25, -0.2) is 9.78 Å². The van der Waals surface area contributed by atoms with Crippen LogP contribution in [-0.4, -0.2) is 27.6 Å². The van der Waals surface area contributed by atoms with Crippen molar-refractivity contribution in [3.05, 3.63) is 82.7 Å². The van der Waals surface area contributed by atoms with Crippen LogP contribution in [0.4, 0.5) is 4.79 Å². The fraction of sp³-hybridized carbons (Fsp3) is 0.310. The number of likely N-dealkylation sites (tertiary alicyclic amines) is 1. The lowest BCUT2D eigenvalue weighted by molar-refractivity contribution is 0.0275. The van der Waals surface area contributed by atoms with Crippen LogP contribution in [0.3, 0.4) is 0 Å². The Bertz CT molecular complexity index is 1360. The number of rotatable bonds is 5. The third kappa shape index (κ3) is 4.06. The highest BCUT2D eigenvalue weighted by atomic mass is 32.1. The molecule has 0 bridgehead atoms. The Labute approximate surface area is 210 Å². The molecule has 4 aromatic rings. The summed E-state index contributed by atoms with van der Waals surface area (Å²) in [5, 5.41) is 15.1. The van der Waals surface area contributed by atoms with E-state index in [0.29, 0.717) is 13.2 Å². The van der Waals surface area contributed by atoms with E-state index < -0.39 is 11.6 Å². The smallest absolute Gasteiger partial charge is 0.408 e. The maximum Gasteiger partial charge on any atom is 0.408 e. The summed E-state index contributed by atoms with van der Waals surface area (Å²) >= 11 is 1.55. The molecule has 5 nitrogen and oxygen atoms in total. The van der Waals surface area contributed by atoms with E-state index in [-0.39, 0.29) is 5.41 Å². The molecule has 0 unspecified atom stereocenters. The Morgan fingerprint density at radius 2 is 1.83 bits per heavy atom. The third-order valence-corrected chi connectivity index (χ3v) is 8.09. The van der Waals surface area contributed by atoms with Gasteiger partial charge in [-0.1, -0.05) is 81.4 Å². The van der Waals surface area contributed by atoms with Gasteiger partial charge in [0, 0.05) is 11.9 Å². The van der Waals surface area contributed by atoms with Crippen molar-refractivity contribution < 1.29 is 14.6 Å². The minimum Gasteiger partial charge on any atom is -0.488 e. The van der Waals surface area contributed by atoms with E-state index in [1.807, 2.05) is 36.4 Å². The summed E-state index contributed by atoms with van der Waals surface area (Å²) in [5.41, 5.74) is 1.91. The number of amides is 1. The van der Waals surface area contributed by atoms with Crippen molar-refractivity contribution in [1.29, 1.82) is 0 Å². The number of aromatic nitrogens is 1. The summed E-state index contributed by atoms with van der Waals surface area (Å²) in [4.78, 5) is 19.0. The zero-order valence-corrected chi connectivity index (χ0v) is 21.1. The first-order chi connectivity index (χ1) is 16.8. The van der Waals surface area contributed by atoms with Crippen LogP contribution in [0.1, 0.15) is 44.2 Å². The van der Waals surface area contributed by atoms with Crippen molar-refractivity contribution in [3.63, 3.8) is 0 Å². The molecule has 180 valence electrons. The maximum absolute atomic E-state index is 12.2. The molecule has 1 N–H and O–H groups in total. The van der Waals surface area contributed by atoms with Gasteiger partial charge in [-0.3, -0.25) is 4.90 Å². The zero-order valence-electron chi connectivity index (χ0n) is 20.3. The largest absolute Gasteiger partial charge is 0.488 e. The van der Waals surface area contributed by atoms with E-state index in [1.165, 1.54) is 0 Å². The molecular formula is C29H30N2O3S. The van der Waals surface area contributed by atoms with Crippen LogP contribution in [-0.2, 0) is 12.1 Å². The predicted molar refractivity (Wildman–Crippen MR) is 141 cm³/mol. The normalized spacial score (nSPS) is 18.2. The molecule has 1 aliphatic rings. The lowest BCUT2D eigenvalue weighted by atomic mass is 9.72. The minimum atomic E-state index is -0.883. The van der Waals surface area contributed by atoms with E-state index in [0.717, 1.165) is 51.2 Å². The average Bonchev–Trinajstić information content (AvgIpc) is 3.51. The highest BCUT2D eigenvalue weighted by molar-refractivity contribution is 7.10. The molecular weight excluding hydrogens is 456 g/mol. The molecule has 1 aliphatic heterocycles. The van der Waals surface area contributed by atoms with E-state index >= 15 is 0 Å². The lowest BCUT2D eigenvalue weighted by Gasteiger charge is -2.45. The molecule has 1 aromatic heterocycles. The van der Waals surface area contributed by atoms with Gasteiger partial charge in [-0.2, -0.15) is 0 Å². The van der Waals surface area contributed by atoms with Crippen LogP contribution < -0.4 is 4.74 Å². The SMILES string of the molecule is CC(C)(C)[C@]1(c2nc(-c3c(OCc4ccccc4)ccc4ccccc34)cs2)CCCN1C(=O)O. The molecule has 1 amide bonds. The molecule has 5 rings (SSSR count). The number of ether oxygens (including phenoxy) is 1. The van der Waals surface area contributed by atoms with Gasteiger partial charge in [0.2, 0.25) is 0 Å². The van der Waals surface area contributed by atoms with E-state index in [1.54, 1.807) is 16.2 Å². The summed E-state index contributed by atoms with van der Waals surface area (Å²) in [6, 6.07) is 22.4. The first kappa shape index (κ1) is 23.4. The second kappa shape index (κ2) is 9.00. The van der Waals surface area contributed by atoms with Crippen molar-refractivity contribution in [2.45, 2.75) is 45.8 Å². The Kier molecular flexibility index (Phi) is 6.01. The van der Waals surface area contributed by atoms with Crippen molar-refractivity contribution >= 4 is 28.2 Å². The topological polar surface area (TPSA) is 62.7 Å². The summed E-state index contributed by atoms with van der Waals surface area (Å²) < 4.78 is 6.33. The van der Waals surface area contributed by atoms with Crippen molar-refractivity contribution in [1.82, 2.24) is 9.88 Å². The first-order valence-corrected chi connectivity index (χ1v) is 12.8. The molecule has 1 saturated heterocycles. The van der Waals surface area contributed by atoms with E-state index in [4.69, 9.17) is 9.72 Å². The molecule has 1 fully saturated rings. The highest BCUT2D eigenvalue weighted by Gasteiger charge is 2.55. The number of carbonyl (C=O) groups is 1. The first-order valence-electron chi connectivity index (χ1n) is 12.0. The van der Waals surface area contributed by atoms with Gasteiger partial charge in [-0.05, 0) is 40.7 Å². The number of hydrogen-bond donors (Lipinski definition) is 1. The van der Waals surface area contributed by atoms with E-state index in [9.17, 15) is 9.90 Å². The van der Waals surface area contributed by atoms with Crippen molar-refractivity contribution in [2.75, 3.05) is 6.54 Å². The Hall–Kier alpha value is -3.38. The van der Waals surface area contributed by atoms with E-state index in [2.05, 4.69) is 56.5 Å². The number of nitrogens with zero attached hydrogens (tertiary/aromatic N) is 2. The van der Waals surface area contributed by atoms with Gasteiger partial charge in [0.15, 0.2) is 0 Å². The quantitative estimate of drug-likeness (QED) is 0.316. The lowest BCUT2D eigenvalue weighted by Crippen LogP contribution is -2.52. The van der Waals surface area contributed by atoms with Crippen molar-refractivity contribution in [2.24, 2.45) is 5.41 Å². The molecule has 0 aliphatic carbocycles. The summed E-state index contributed by atoms with van der Waals surface area (Å²) in [6.07, 6.45) is 0.715. The number of benzene rings is 3. The highest BCUT2D eigenvalue weighted by Crippen LogP contribution is 2.53. The monoisotopic (exact) mass is 486 g/mol. The molecule has 2 heterocycles. The minimum absolute atomic E-state index is 0.303. The Morgan fingerprint density at radius 3 is 2.57 bits per heavy atom. The molecule has 0 saturated carbocycles. The van der Waals surface area contributed by atoms with Gasteiger partial charge in [0.25, 0.3) is 0 Å². The molecule has 6 heteroatoms. The summed E-state index contributed by atoms with van der Waals surface area (Å²) in [5.74, 6) is 0.774. The van der Waals surface area contributed by atoms with Crippen molar-refractivity contribution in [3.8, 4) is 17.0 Å². The number of thiazole rings is 1. The van der Waals surface area contributed by atoms with Crippen LogP contribution in [0.15, 0.2) is 72.1 Å². The standard InChI is InChI=1S/C29H30N2O3S/c1-28(2,3)29(16-9-17-31(29)27(32)33)26-30-23(19-35-26)25-22-13-8-7-12-21(22)14-15-24(25)34-18-20-10-5-4-6-11-20/h4-8,10-15,19H,9,16-18H2,1-3H3,(H,32,33)/t29-/m1/s1. The van der Waals surface area contributed by atoms with Crippen LogP contribution in [0, 0.1) is 5.41 Å². The average molecular weight is 487 g/mol. The summed E-state index contributed by atoms with van der Waals surface area (Å²) in [6.45, 7) is 7.33. The molecule has 0 spiro atoms. The third-order valence-electron chi connectivity index (χ3n) is 7.09. The second-order valence-electron chi connectivity index (χ2n) is 10.1. The van der Waals surface area contributed by atoms with Crippen LogP contribution in [0.5, 0.6) is 5.75 Å². The zero-order chi connectivity index (χ0) is 24.6. The van der Waals surface area contributed by atoms with Crippen LogP contribution in [0.2, 0.25) is 0 Å². The van der Waals surface area contributed by atoms with Gasteiger partial charge in [-0.15, -0.1) is 11.3 Å². The van der Waals surface area contributed by atoms with Crippen LogP contribution >= 0.6 is 11.3 Å². The predicted octanol–water partition coefficient (Wildman–Crippen LogP) is 7.56. The number of fused-ring (bicyclic) bond motifs is 1. The molecule has 0 radical (unpaired) electrons. The molecule has 35 heavy (non-hydrogen) atoms. The van der Waals surface area contributed by atoms with Gasteiger partial charge >= 0.3 is 6.09 Å². The van der Waals surface area contributed by atoms with Gasteiger partial charge in [0.05, 0.1) is 11.3 Å². The second-order valence-corrected chi connectivity index (χ2v) is 11.0. The van der Waals surface area contributed by atoms with Crippen LogP contribution in [0.25, 0.3) is 22.0 Å². The Morgan fingerprint density at radius 1 is 1.09 bits per heavy atom. The maximum atomic E-state index is 12.2. The fourth-order valence-corrected chi connectivity index (χ4v) is 6.61. The number of carboxylic acid groups (broad SMARTS) is 1. The van der Waals surface area contributed by atoms with Gasteiger partial charge in [0.1, 0.15) is 22.9 Å². The van der Waals surface area contributed by atoms with Gasteiger partial charge < -0.3 is 9.84 Å². The number of hydrogen-bond acceptors (Lipinski definition) is 4. The summed E-state index contributed by atoms with van der Waals surface area (Å²) in [7, 11) is 0. The fourth-order valence-electron chi connectivity index (χ4n) is 5.35. The molecule has 1 atom stereocenters. The molecule has 3 aromatic carbocycles.